The number of halogens is 1. The molecule has 1 heterocycles. The Hall–Kier alpha value is -3.89. The van der Waals surface area contributed by atoms with Gasteiger partial charge in [-0.25, -0.2) is 4.79 Å². The van der Waals surface area contributed by atoms with E-state index in [0.717, 1.165) is 0 Å². The van der Waals surface area contributed by atoms with Crippen LogP contribution < -0.4 is 15.2 Å². The summed E-state index contributed by atoms with van der Waals surface area (Å²) < 4.78 is 22.2. The summed E-state index contributed by atoms with van der Waals surface area (Å²) in [6.07, 6.45) is 1.58. The third kappa shape index (κ3) is 4.81. The monoisotopic (exact) mass is 466 g/mol. The van der Waals surface area contributed by atoms with Gasteiger partial charge in [0.05, 0.1) is 30.2 Å². The van der Waals surface area contributed by atoms with Crippen LogP contribution in [0.15, 0.2) is 72.1 Å². The molecule has 2 N–H and O–H groups in total. The standard InChI is InChI=1S/C25H23ClN2O5/c1-4-11-32-23-18(26)12-16(13-19(23)30-3)20-17(14-27)24(28)33-22(15-9-7-6-8-10-15)21(20)25(29)31-5-2/h4,6-10,12-13,20H,1,5,11,28H2,2-3H3/t20-/m0/s1. The molecule has 2 aromatic rings. The number of benzene rings is 2. The fraction of sp³-hybridized carbons (Fsp3) is 0.200. The average molecular weight is 467 g/mol. The second kappa shape index (κ2) is 10.6. The van der Waals surface area contributed by atoms with Crippen LogP contribution in [0.5, 0.6) is 11.5 Å². The highest BCUT2D eigenvalue weighted by Crippen LogP contribution is 2.46. The van der Waals surface area contributed by atoms with Gasteiger partial charge in [0.1, 0.15) is 24.0 Å². The molecule has 2 aromatic carbocycles. The first-order chi connectivity index (χ1) is 16.0. The third-order valence-electron chi connectivity index (χ3n) is 4.88. The van der Waals surface area contributed by atoms with Crippen LogP contribution in [-0.2, 0) is 14.3 Å². The summed E-state index contributed by atoms with van der Waals surface area (Å²) in [7, 11) is 1.47. The molecule has 0 saturated carbocycles. The molecule has 0 aliphatic carbocycles. The maximum Gasteiger partial charge on any atom is 0.338 e. The van der Waals surface area contributed by atoms with E-state index in [1.54, 1.807) is 49.4 Å². The van der Waals surface area contributed by atoms with Gasteiger partial charge in [-0.15, -0.1) is 0 Å². The molecule has 0 amide bonds. The predicted molar refractivity (Wildman–Crippen MR) is 124 cm³/mol. The zero-order chi connectivity index (χ0) is 24.0. The van der Waals surface area contributed by atoms with Crippen LogP contribution in [-0.4, -0.2) is 26.3 Å². The normalized spacial score (nSPS) is 15.4. The van der Waals surface area contributed by atoms with E-state index < -0.39 is 11.9 Å². The van der Waals surface area contributed by atoms with Gasteiger partial charge in [-0.05, 0) is 24.6 Å². The van der Waals surface area contributed by atoms with Gasteiger partial charge in [-0.2, -0.15) is 5.26 Å². The van der Waals surface area contributed by atoms with Crippen molar-refractivity contribution in [2.24, 2.45) is 5.73 Å². The van der Waals surface area contributed by atoms with Crippen LogP contribution in [0.25, 0.3) is 5.76 Å². The quantitative estimate of drug-likeness (QED) is 0.444. The molecule has 33 heavy (non-hydrogen) atoms. The van der Waals surface area contributed by atoms with Gasteiger partial charge in [0.25, 0.3) is 0 Å². The Kier molecular flexibility index (Phi) is 7.65. The molecule has 0 aromatic heterocycles. The van der Waals surface area contributed by atoms with Crippen LogP contribution in [0, 0.1) is 11.3 Å². The number of nitriles is 1. The molecule has 8 heteroatoms. The number of hydrogen-bond acceptors (Lipinski definition) is 7. The molecule has 1 aliphatic rings. The van der Waals surface area contributed by atoms with Gasteiger partial charge < -0.3 is 24.7 Å². The van der Waals surface area contributed by atoms with Crippen molar-refractivity contribution in [1.82, 2.24) is 0 Å². The van der Waals surface area contributed by atoms with Crippen molar-refractivity contribution >= 4 is 23.3 Å². The Morgan fingerprint density at radius 2 is 2.06 bits per heavy atom. The molecule has 0 fully saturated rings. The lowest BCUT2D eigenvalue weighted by atomic mass is 9.82. The first kappa shape index (κ1) is 23.8. The van der Waals surface area contributed by atoms with Crippen molar-refractivity contribution in [3.63, 3.8) is 0 Å². The maximum absolute atomic E-state index is 13.1. The highest BCUT2D eigenvalue weighted by Gasteiger charge is 2.39. The number of rotatable bonds is 8. The SMILES string of the molecule is C=CCOc1c(Cl)cc([C@H]2C(C#N)=C(N)OC(c3ccccc3)=C2C(=O)OCC)cc1OC. The maximum atomic E-state index is 13.1. The molecule has 3 rings (SSSR count). The number of carbonyl (C=O) groups excluding carboxylic acids is 1. The van der Waals surface area contributed by atoms with E-state index in [-0.39, 0.29) is 41.0 Å². The summed E-state index contributed by atoms with van der Waals surface area (Å²) in [5, 5.41) is 10.1. The van der Waals surface area contributed by atoms with Crippen LogP contribution in [0.4, 0.5) is 0 Å². The van der Waals surface area contributed by atoms with Gasteiger partial charge in [0.15, 0.2) is 11.5 Å². The number of ether oxygens (including phenoxy) is 4. The summed E-state index contributed by atoms with van der Waals surface area (Å²) in [5.74, 6) is -0.808. The number of methoxy groups -OCH3 is 1. The highest BCUT2D eigenvalue weighted by atomic mass is 35.5. The molecule has 0 spiro atoms. The molecule has 0 radical (unpaired) electrons. The number of esters is 1. The van der Waals surface area contributed by atoms with Crippen molar-refractivity contribution in [1.29, 1.82) is 5.26 Å². The molecular weight excluding hydrogens is 444 g/mol. The lowest BCUT2D eigenvalue weighted by molar-refractivity contribution is -0.138. The van der Waals surface area contributed by atoms with Crippen molar-refractivity contribution < 1.29 is 23.7 Å². The van der Waals surface area contributed by atoms with E-state index in [1.807, 2.05) is 6.07 Å². The summed E-state index contributed by atoms with van der Waals surface area (Å²) >= 11 is 6.50. The van der Waals surface area contributed by atoms with Crippen molar-refractivity contribution in [2.45, 2.75) is 12.8 Å². The Labute approximate surface area is 197 Å². The zero-order valence-electron chi connectivity index (χ0n) is 18.3. The number of allylic oxidation sites excluding steroid dienone is 1. The van der Waals surface area contributed by atoms with Crippen LogP contribution >= 0.6 is 11.6 Å². The first-order valence-electron chi connectivity index (χ1n) is 10.1. The molecule has 170 valence electrons. The molecule has 1 atom stereocenters. The summed E-state index contributed by atoms with van der Waals surface area (Å²) in [6.45, 7) is 5.68. The Bertz CT molecular complexity index is 1170. The Balaban J connectivity index is 2.29. The van der Waals surface area contributed by atoms with Crippen molar-refractivity contribution in [3.05, 3.63) is 88.3 Å². The first-order valence-corrected chi connectivity index (χ1v) is 10.5. The van der Waals surface area contributed by atoms with Gasteiger partial charge >= 0.3 is 5.97 Å². The molecule has 0 saturated heterocycles. The fourth-order valence-electron chi connectivity index (χ4n) is 3.50. The number of carbonyl (C=O) groups is 1. The van der Waals surface area contributed by atoms with E-state index in [4.69, 9.17) is 36.3 Å². The minimum absolute atomic E-state index is 0.0515. The molecule has 7 nitrogen and oxygen atoms in total. The number of nitrogens with two attached hydrogens (primary N) is 1. The molecule has 0 unspecified atom stereocenters. The zero-order valence-corrected chi connectivity index (χ0v) is 19.0. The van der Waals surface area contributed by atoms with Gasteiger partial charge in [0.2, 0.25) is 5.88 Å². The van der Waals surface area contributed by atoms with E-state index in [0.29, 0.717) is 22.6 Å². The fourth-order valence-corrected chi connectivity index (χ4v) is 3.78. The smallest absolute Gasteiger partial charge is 0.338 e. The van der Waals surface area contributed by atoms with Gasteiger partial charge in [-0.3, -0.25) is 0 Å². The van der Waals surface area contributed by atoms with Crippen LogP contribution in [0.1, 0.15) is 24.0 Å². The van der Waals surface area contributed by atoms with Gasteiger partial charge in [-0.1, -0.05) is 54.6 Å². The Morgan fingerprint density at radius 1 is 1.33 bits per heavy atom. The summed E-state index contributed by atoms with van der Waals surface area (Å²) in [6, 6.07) is 14.3. The number of nitrogens with zero attached hydrogens (tertiary/aromatic N) is 1. The van der Waals surface area contributed by atoms with E-state index in [9.17, 15) is 10.1 Å². The lowest BCUT2D eigenvalue weighted by Gasteiger charge is -2.28. The average Bonchev–Trinajstić information content (AvgIpc) is 2.82. The molecule has 1 aliphatic heterocycles. The number of hydrogen-bond donors (Lipinski definition) is 1. The molecular formula is C25H23ClN2O5. The second-order valence-electron chi connectivity index (χ2n) is 6.89. The minimum atomic E-state index is -0.905. The van der Waals surface area contributed by atoms with Gasteiger partial charge in [0, 0.05) is 5.56 Å². The molecule has 0 bridgehead atoms. The predicted octanol–water partition coefficient (Wildman–Crippen LogP) is 4.70. The van der Waals surface area contributed by atoms with E-state index >= 15 is 0 Å². The second-order valence-corrected chi connectivity index (χ2v) is 7.30. The van der Waals surface area contributed by atoms with E-state index in [2.05, 4.69) is 12.6 Å². The van der Waals surface area contributed by atoms with E-state index in [1.165, 1.54) is 7.11 Å². The Morgan fingerprint density at radius 3 is 2.67 bits per heavy atom. The van der Waals surface area contributed by atoms with Crippen LogP contribution in [0.2, 0.25) is 5.02 Å². The largest absolute Gasteiger partial charge is 0.493 e. The summed E-state index contributed by atoms with van der Waals surface area (Å²) in [5.41, 5.74) is 7.41. The minimum Gasteiger partial charge on any atom is -0.493 e. The van der Waals surface area contributed by atoms with Crippen LogP contribution in [0.3, 0.4) is 0 Å². The lowest BCUT2D eigenvalue weighted by Crippen LogP contribution is -2.26. The summed E-state index contributed by atoms with van der Waals surface area (Å²) in [4.78, 5) is 13.1. The topological polar surface area (TPSA) is 104 Å². The highest BCUT2D eigenvalue weighted by molar-refractivity contribution is 6.32. The third-order valence-corrected chi connectivity index (χ3v) is 5.16. The van der Waals surface area contributed by atoms with Crippen molar-refractivity contribution in [2.75, 3.05) is 20.3 Å². The van der Waals surface area contributed by atoms with Crippen molar-refractivity contribution in [3.8, 4) is 17.6 Å².